The zero-order valence-corrected chi connectivity index (χ0v) is 18.0. The molecule has 1 N–H and O–H groups in total. The molecule has 4 aromatic carbocycles. The molecule has 158 valence electrons. The van der Waals surface area contributed by atoms with Gasteiger partial charge in [0.2, 0.25) is 11.8 Å². The van der Waals surface area contributed by atoms with Gasteiger partial charge >= 0.3 is 0 Å². The molecule has 0 radical (unpaired) electrons. The first kappa shape index (κ1) is 20.0. The first-order valence-corrected chi connectivity index (χ1v) is 11.5. The minimum Gasteiger partial charge on any atom is -0.416 e. The number of benzene rings is 4. The standard InChI is InChI=1S/C25H19N3O3S/c1-17-13-15-19(16-14-17)32(29,30)28-23-12-5-4-10-22(23)25-27-26-24(31-25)21-11-6-8-18-7-2-3-9-20(18)21/h2-16,28H,1H3. The van der Waals surface area contributed by atoms with E-state index in [9.17, 15) is 8.42 Å². The molecule has 0 amide bonds. The molecule has 7 heteroatoms. The molecular formula is C25H19N3O3S. The highest BCUT2D eigenvalue weighted by Crippen LogP contribution is 2.33. The molecule has 0 aliphatic rings. The molecule has 6 nitrogen and oxygen atoms in total. The molecule has 0 saturated carbocycles. The Morgan fingerprint density at radius 3 is 2.16 bits per heavy atom. The van der Waals surface area contributed by atoms with E-state index in [0.717, 1.165) is 21.9 Å². The highest BCUT2D eigenvalue weighted by molar-refractivity contribution is 7.92. The third-order valence-electron chi connectivity index (χ3n) is 5.18. The Bertz CT molecular complexity index is 1520. The largest absolute Gasteiger partial charge is 0.416 e. The first-order valence-electron chi connectivity index (χ1n) is 10.0. The van der Waals surface area contributed by atoms with Crippen LogP contribution in [0.3, 0.4) is 0 Å². The predicted octanol–water partition coefficient (Wildman–Crippen LogP) is 5.67. The third kappa shape index (κ3) is 3.74. The van der Waals surface area contributed by atoms with Crippen LogP contribution in [0, 0.1) is 6.92 Å². The van der Waals surface area contributed by atoms with E-state index in [4.69, 9.17) is 4.42 Å². The average molecular weight is 442 g/mol. The molecule has 1 heterocycles. The van der Waals surface area contributed by atoms with Crippen LogP contribution in [0.4, 0.5) is 5.69 Å². The Hall–Kier alpha value is -3.97. The maximum absolute atomic E-state index is 12.9. The summed E-state index contributed by atoms with van der Waals surface area (Å²) in [5.74, 6) is 0.600. The first-order chi connectivity index (χ1) is 15.5. The van der Waals surface area contributed by atoms with E-state index in [1.54, 1.807) is 48.5 Å². The second kappa shape index (κ2) is 7.94. The van der Waals surface area contributed by atoms with Gasteiger partial charge in [0.25, 0.3) is 10.0 Å². The Morgan fingerprint density at radius 1 is 0.719 bits per heavy atom. The van der Waals surface area contributed by atoms with E-state index in [2.05, 4.69) is 14.9 Å². The molecule has 0 saturated heterocycles. The molecule has 32 heavy (non-hydrogen) atoms. The number of hydrogen-bond donors (Lipinski definition) is 1. The number of fused-ring (bicyclic) bond motifs is 1. The van der Waals surface area contributed by atoms with E-state index in [0.29, 0.717) is 17.1 Å². The molecular weight excluding hydrogens is 422 g/mol. The fourth-order valence-corrected chi connectivity index (χ4v) is 4.61. The van der Waals surface area contributed by atoms with Crippen molar-refractivity contribution in [3.63, 3.8) is 0 Å². The monoisotopic (exact) mass is 441 g/mol. The molecule has 0 atom stereocenters. The molecule has 5 aromatic rings. The summed E-state index contributed by atoms with van der Waals surface area (Å²) >= 11 is 0. The Balaban J connectivity index is 1.52. The quantitative estimate of drug-likeness (QED) is 0.380. The number of rotatable bonds is 5. The Labute approximate surface area is 185 Å². The summed E-state index contributed by atoms with van der Waals surface area (Å²) in [6.07, 6.45) is 0. The average Bonchev–Trinajstić information content (AvgIpc) is 3.29. The summed E-state index contributed by atoms with van der Waals surface area (Å²) in [4.78, 5) is 0.180. The maximum atomic E-state index is 12.9. The highest BCUT2D eigenvalue weighted by atomic mass is 32.2. The lowest BCUT2D eigenvalue weighted by Crippen LogP contribution is -2.13. The number of para-hydroxylation sites is 1. The van der Waals surface area contributed by atoms with E-state index in [1.807, 2.05) is 49.4 Å². The fraction of sp³-hybridized carbons (Fsp3) is 0.0400. The number of anilines is 1. The lowest BCUT2D eigenvalue weighted by Gasteiger charge is -2.11. The number of hydrogen-bond acceptors (Lipinski definition) is 5. The van der Waals surface area contributed by atoms with Crippen molar-refractivity contribution < 1.29 is 12.8 Å². The molecule has 0 unspecified atom stereocenters. The number of aromatic nitrogens is 2. The third-order valence-corrected chi connectivity index (χ3v) is 6.56. The highest BCUT2D eigenvalue weighted by Gasteiger charge is 2.19. The Kier molecular flexibility index (Phi) is 4.95. The van der Waals surface area contributed by atoms with Crippen molar-refractivity contribution in [2.75, 3.05) is 4.72 Å². The molecule has 0 bridgehead atoms. The SMILES string of the molecule is Cc1ccc(S(=O)(=O)Nc2ccccc2-c2nnc(-c3cccc4ccccc34)o2)cc1. The van der Waals surface area contributed by atoms with Gasteiger partial charge in [-0.05, 0) is 48.0 Å². The van der Waals surface area contributed by atoms with Crippen LogP contribution in [0.25, 0.3) is 33.7 Å². The number of nitrogens with one attached hydrogen (secondary N) is 1. The summed E-state index contributed by atoms with van der Waals surface area (Å²) in [7, 11) is -3.77. The van der Waals surface area contributed by atoms with Crippen LogP contribution >= 0.6 is 0 Å². The molecule has 0 aliphatic heterocycles. The van der Waals surface area contributed by atoms with Crippen molar-refractivity contribution >= 4 is 26.5 Å². The molecule has 0 spiro atoms. The summed E-state index contributed by atoms with van der Waals surface area (Å²) < 4.78 is 34.4. The molecule has 0 aliphatic carbocycles. The fourth-order valence-electron chi connectivity index (χ4n) is 3.53. The van der Waals surface area contributed by atoms with Crippen molar-refractivity contribution in [3.05, 3.63) is 96.6 Å². The number of nitrogens with zero attached hydrogens (tertiary/aromatic N) is 2. The number of aryl methyl sites for hydroxylation is 1. The van der Waals surface area contributed by atoms with Crippen molar-refractivity contribution in [2.45, 2.75) is 11.8 Å². The minimum absolute atomic E-state index is 0.180. The van der Waals surface area contributed by atoms with Crippen LogP contribution in [-0.2, 0) is 10.0 Å². The van der Waals surface area contributed by atoms with Crippen molar-refractivity contribution in [3.8, 4) is 22.9 Å². The Morgan fingerprint density at radius 2 is 1.34 bits per heavy atom. The van der Waals surface area contributed by atoms with Gasteiger partial charge in [-0.3, -0.25) is 4.72 Å². The second-order valence-corrected chi connectivity index (χ2v) is 9.09. The summed E-state index contributed by atoms with van der Waals surface area (Å²) in [5.41, 5.74) is 2.67. The van der Waals surface area contributed by atoms with Gasteiger partial charge in [0.15, 0.2) is 0 Å². The van der Waals surface area contributed by atoms with Crippen LogP contribution in [-0.4, -0.2) is 18.6 Å². The summed E-state index contributed by atoms with van der Waals surface area (Å²) in [6.45, 7) is 1.90. The molecule has 1 aromatic heterocycles. The lowest BCUT2D eigenvalue weighted by atomic mass is 10.0. The zero-order valence-electron chi connectivity index (χ0n) is 17.2. The van der Waals surface area contributed by atoms with E-state index >= 15 is 0 Å². The van der Waals surface area contributed by atoms with Crippen LogP contribution in [0.15, 0.2) is 100 Å². The van der Waals surface area contributed by atoms with E-state index < -0.39 is 10.0 Å². The summed E-state index contributed by atoms with van der Waals surface area (Å²) in [6, 6.07) is 27.4. The molecule has 0 fully saturated rings. The van der Waals surface area contributed by atoms with Gasteiger partial charge in [0.05, 0.1) is 16.1 Å². The van der Waals surface area contributed by atoms with Gasteiger partial charge in [-0.15, -0.1) is 10.2 Å². The predicted molar refractivity (Wildman–Crippen MR) is 125 cm³/mol. The molecule has 5 rings (SSSR count). The zero-order chi connectivity index (χ0) is 22.1. The van der Waals surface area contributed by atoms with Gasteiger partial charge in [-0.1, -0.05) is 66.2 Å². The maximum Gasteiger partial charge on any atom is 0.261 e. The van der Waals surface area contributed by atoms with Gasteiger partial charge < -0.3 is 4.42 Å². The van der Waals surface area contributed by atoms with Crippen LogP contribution in [0.5, 0.6) is 0 Å². The van der Waals surface area contributed by atoms with Crippen molar-refractivity contribution in [1.29, 1.82) is 0 Å². The van der Waals surface area contributed by atoms with Gasteiger partial charge in [0, 0.05) is 5.56 Å². The normalized spacial score (nSPS) is 11.5. The van der Waals surface area contributed by atoms with Crippen molar-refractivity contribution in [1.82, 2.24) is 10.2 Å². The van der Waals surface area contributed by atoms with Gasteiger partial charge in [-0.25, -0.2) is 8.42 Å². The van der Waals surface area contributed by atoms with Gasteiger partial charge in [-0.2, -0.15) is 0 Å². The van der Waals surface area contributed by atoms with E-state index in [1.165, 1.54) is 0 Å². The van der Waals surface area contributed by atoms with Crippen LogP contribution in [0.1, 0.15) is 5.56 Å². The lowest BCUT2D eigenvalue weighted by molar-refractivity contribution is 0.585. The van der Waals surface area contributed by atoms with Crippen LogP contribution in [0.2, 0.25) is 0 Å². The summed E-state index contributed by atoms with van der Waals surface area (Å²) in [5, 5.41) is 10.5. The smallest absolute Gasteiger partial charge is 0.261 e. The van der Waals surface area contributed by atoms with E-state index in [-0.39, 0.29) is 10.8 Å². The van der Waals surface area contributed by atoms with Gasteiger partial charge in [0.1, 0.15) is 0 Å². The number of sulfonamides is 1. The second-order valence-electron chi connectivity index (χ2n) is 7.40. The van der Waals surface area contributed by atoms with Crippen molar-refractivity contribution in [2.24, 2.45) is 0 Å². The van der Waals surface area contributed by atoms with Crippen LogP contribution < -0.4 is 4.72 Å². The topological polar surface area (TPSA) is 85.1 Å². The minimum atomic E-state index is -3.77.